The Labute approximate surface area is 139 Å². The highest BCUT2D eigenvalue weighted by Crippen LogP contribution is 2.26. The highest BCUT2D eigenvalue weighted by Gasteiger charge is 2.42. The standard InChI is InChI=1S/C8H6BrNO.C6H12O6/c9-5-1-2-6-7(3-5)10-4-8(6)11;7-1-2-3(8)4(9)5(10)6(11)12-2/h1-4,10-11H;2-11H,1H2/t;2-,3-,4+,5+,6+/m.1/s1. The fraction of sp³-hybridized carbons (Fsp3) is 0.429. The molecule has 0 spiro atoms. The van der Waals surface area contributed by atoms with Crippen molar-refractivity contribution in [3.8, 4) is 5.75 Å². The lowest BCUT2D eigenvalue weighted by molar-refractivity contribution is -0.286. The fourth-order valence-corrected chi connectivity index (χ4v) is 2.53. The Kier molecular flexibility index (Phi) is 5.98. The number of aliphatic hydroxyl groups is 5. The molecule has 23 heavy (non-hydrogen) atoms. The first-order valence-corrected chi connectivity index (χ1v) is 7.58. The van der Waals surface area contributed by atoms with Gasteiger partial charge in [0.05, 0.1) is 12.1 Å². The van der Waals surface area contributed by atoms with Gasteiger partial charge in [-0.25, -0.2) is 0 Å². The first-order chi connectivity index (χ1) is 10.8. The van der Waals surface area contributed by atoms with Gasteiger partial charge in [0.15, 0.2) is 6.29 Å². The van der Waals surface area contributed by atoms with Crippen molar-refractivity contribution < 1.29 is 35.4 Å². The zero-order chi connectivity index (χ0) is 17.1. The van der Waals surface area contributed by atoms with Crippen molar-refractivity contribution in [3.63, 3.8) is 0 Å². The number of benzene rings is 1. The molecule has 1 saturated heterocycles. The third-order valence-electron chi connectivity index (χ3n) is 3.49. The van der Waals surface area contributed by atoms with Crippen molar-refractivity contribution in [2.45, 2.75) is 30.7 Å². The summed E-state index contributed by atoms with van der Waals surface area (Å²) in [5.74, 6) is 0.299. The van der Waals surface area contributed by atoms with E-state index in [1.165, 1.54) is 0 Å². The molecule has 0 bridgehead atoms. The lowest BCUT2D eigenvalue weighted by atomic mass is 10.00. The van der Waals surface area contributed by atoms with E-state index in [9.17, 15) is 5.11 Å². The van der Waals surface area contributed by atoms with E-state index in [-0.39, 0.29) is 0 Å². The van der Waals surface area contributed by atoms with Gasteiger partial charge < -0.3 is 40.4 Å². The molecule has 1 fully saturated rings. The summed E-state index contributed by atoms with van der Waals surface area (Å²) in [7, 11) is 0. The van der Waals surface area contributed by atoms with Gasteiger partial charge in [0, 0.05) is 16.1 Å². The van der Waals surface area contributed by atoms with Gasteiger partial charge in [-0.05, 0) is 18.2 Å². The second-order valence-corrected chi connectivity index (χ2v) is 6.00. The Bertz CT molecular complexity index is 644. The van der Waals surface area contributed by atoms with E-state index in [2.05, 4.69) is 25.7 Å². The number of aromatic amines is 1. The van der Waals surface area contributed by atoms with E-state index in [1.54, 1.807) is 6.20 Å². The Morgan fingerprint density at radius 2 is 1.78 bits per heavy atom. The summed E-state index contributed by atoms with van der Waals surface area (Å²) in [5, 5.41) is 54.8. The number of ether oxygens (including phenoxy) is 1. The minimum absolute atomic E-state index is 0.299. The maximum atomic E-state index is 9.26. The van der Waals surface area contributed by atoms with Crippen LogP contribution in [0.1, 0.15) is 0 Å². The molecule has 0 unspecified atom stereocenters. The Hall–Kier alpha value is -1.20. The molecule has 0 radical (unpaired) electrons. The maximum absolute atomic E-state index is 9.26. The summed E-state index contributed by atoms with van der Waals surface area (Å²) in [6.07, 6.45) is -5.46. The Balaban J connectivity index is 0.000000167. The van der Waals surface area contributed by atoms with Gasteiger partial charge in [-0.3, -0.25) is 0 Å². The van der Waals surface area contributed by atoms with Crippen LogP contribution in [0.2, 0.25) is 0 Å². The van der Waals surface area contributed by atoms with Crippen LogP contribution in [-0.2, 0) is 4.74 Å². The molecule has 0 saturated carbocycles. The minimum atomic E-state index is -1.57. The van der Waals surface area contributed by atoms with Crippen LogP contribution < -0.4 is 0 Å². The van der Waals surface area contributed by atoms with Crippen LogP contribution in [0.15, 0.2) is 28.9 Å². The monoisotopic (exact) mass is 391 g/mol. The molecule has 9 heteroatoms. The predicted octanol–water partition coefficient (Wildman–Crippen LogP) is -0.585. The molecule has 1 aromatic heterocycles. The molecule has 0 amide bonds. The molecule has 7 N–H and O–H groups in total. The SMILES string of the molecule is OC[C@H]1O[C@H](O)[C@@H](O)[C@@H](O)[C@@H]1O.Oc1c[nH]c2cc(Br)ccc12. The molecule has 128 valence electrons. The fourth-order valence-electron chi connectivity index (χ4n) is 2.16. The largest absolute Gasteiger partial charge is 0.506 e. The van der Waals surface area contributed by atoms with Crippen molar-refractivity contribution in [3.05, 3.63) is 28.9 Å². The molecule has 5 atom stereocenters. The number of hydrogen-bond donors (Lipinski definition) is 7. The van der Waals surface area contributed by atoms with Gasteiger partial charge >= 0.3 is 0 Å². The maximum Gasteiger partial charge on any atom is 0.184 e. The summed E-state index contributed by atoms with van der Waals surface area (Å²) >= 11 is 3.34. The zero-order valence-corrected chi connectivity index (χ0v) is 13.5. The predicted molar refractivity (Wildman–Crippen MR) is 83.6 cm³/mol. The summed E-state index contributed by atoms with van der Waals surface area (Å²) < 4.78 is 5.58. The van der Waals surface area contributed by atoms with Crippen LogP contribution in [0.3, 0.4) is 0 Å². The summed E-state index contributed by atoms with van der Waals surface area (Å²) in [6.45, 7) is -0.526. The molecule has 1 aliphatic rings. The number of halogens is 1. The third kappa shape index (κ3) is 4.01. The zero-order valence-electron chi connectivity index (χ0n) is 11.9. The highest BCUT2D eigenvalue weighted by atomic mass is 79.9. The van der Waals surface area contributed by atoms with E-state index in [1.807, 2.05) is 18.2 Å². The summed E-state index contributed by atoms with van der Waals surface area (Å²) in [4.78, 5) is 2.95. The number of rotatable bonds is 1. The van der Waals surface area contributed by atoms with E-state index < -0.39 is 37.3 Å². The minimum Gasteiger partial charge on any atom is -0.506 e. The van der Waals surface area contributed by atoms with E-state index in [4.69, 9.17) is 25.5 Å². The van der Waals surface area contributed by atoms with Crippen LogP contribution in [0.25, 0.3) is 10.9 Å². The van der Waals surface area contributed by atoms with Crippen LogP contribution in [-0.4, -0.2) is 72.9 Å². The average molecular weight is 392 g/mol. The molecule has 8 nitrogen and oxygen atoms in total. The Morgan fingerprint density at radius 1 is 1.09 bits per heavy atom. The third-order valence-corrected chi connectivity index (χ3v) is 3.98. The second-order valence-electron chi connectivity index (χ2n) is 5.08. The highest BCUT2D eigenvalue weighted by molar-refractivity contribution is 9.10. The van der Waals surface area contributed by atoms with Crippen molar-refractivity contribution in [1.82, 2.24) is 4.98 Å². The van der Waals surface area contributed by atoms with Gasteiger partial charge in [0.2, 0.25) is 0 Å². The number of aliphatic hydroxyl groups excluding tert-OH is 5. The van der Waals surface area contributed by atoms with Gasteiger partial charge in [-0.15, -0.1) is 0 Å². The number of fused-ring (bicyclic) bond motifs is 1. The van der Waals surface area contributed by atoms with Gasteiger partial charge in [-0.2, -0.15) is 0 Å². The molecule has 3 rings (SSSR count). The molecular weight excluding hydrogens is 374 g/mol. The van der Waals surface area contributed by atoms with Crippen LogP contribution in [0.5, 0.6) is 5.75 Å². The molecular formula is C14H18BrNO7. The van der Waals surface area contributed by atoms with Gasteiger partial charge in [-0.1, -0.05) is 15.9 Å². The number of nitrogens with one attached hydrogen (secondary N) is 1. The van der Waals surface area contributed by atoms with Gasteiger partial charge in [0.25, 0.3) is 0 Å². The number of aromatic hydroxyl groups is 1. The number of aromatic nitrogens is 1. The summed E-state index contributed by atoms with van der Waals surface area (Å²) in [5.41, 5.74) is 0.942. The molecule has 1 aromatic carbocycles. The van der Waals surface area contributed by atoms with Crippen molar-refractivity contribution in [2.75, 3.05) is 6.61 Å². The first kappa shape index (κ1) is 18.1. The van der Waals surface area contributed by atoms with Crippen molar-refractivity contribution >= 4 is 26.8 Å². The molecule has 2 aromatic rings. The van der Waals surface area contributed by atoms with Gasteiger partial charge in [0.1, 0.15) is 30.2 Å². The van der Waals surface area contributed by atoms with Crippen LogP contribution in [0.4, 0.5) is 0 Å². The summed E-state index contributed by atoms with van der Waals surface area (Å²) in [6, 6.07) is 5.69. The molecule has 1 aliphatic heterocycles. The quantitative estimate of drug-likeness (QED) is 0.344. The molecule has 2 heterocycles. The molecule has 0 aliphatic carbocycles. The first-order valence-electron chi connectivity index (χ1n) is 6.79. The topological polar surface area (TPSA) is 146 Å². The van der Waals surface area contributed by atoms with Crippen LogP contribution in [0, 0.1) is 0 Å². The Morgan fingerprint density at radius 3 is 2.43 bits per heavy atom. The lowest BCUT2D eigenvalue weighted by Gasteiger charge is -2.37. The second kappa shape index (κ2) is 7.58. The smallest absolute Gasteiger partial charge is 0.184 e. The number of hydrogen-bond acceptors (Lipinski definition) is 7. The normalized spacial score (nSPS) is 30.8. The lowest BCUT2D eigenvalue weighted by Crippen LogP contribution is -2.58. The van der Waals surface area contributed by atoms with Crippen LogP contribution >= 0.6 is 15.9 Å². The average Bonchev–Trinajstić information content (AvgIpc) is 2.90. The van der Waals surface area contributed by atoms with E-state index >= 15 is 0 Å². The van der Waals surface area contributed by atoms with Crippen molar-refractivity contribution in [2.24, 2.45) is 0 Å². The van der Waals surface area contributed by atoms with Crippen molar-refractivity contribution in [1.29, 1.82) is 0 Å². The number of H-pyrrole nitrogens is 1. The van der Waals surface area contributed by atoms with E-state index in [0.717, 1.165) is 15.4 Å². The van der Waals surface area contributed by atoms with E-state index in [0.29, 0.717) is 5.75 Å².